The van der Waals surface area contributed by atoms with Gasteiger partial charge < -0.3 is 0 Å². The third-order valence-corrected chi connectivity index (χ3v) is 2.53. The van der Waals surface area contributed by atoms with Gasteiger partial charge >= 0.3 is 0 Å². The maximum atomic E-state index is 13.4. The van der Waals surface area contributed by atoms with E-state index in [0.717, 1.165) is 6.07 Å². The highest BCUT2D eigenvalue weighted by molar-refractivity contribution is 5.95. The van der Waals surface area contributed by atoms with Crippen molar-refractivity contribution in [3.05, 3.63) is 70.0 Å². The van der Waals surface area contributed by atoms with E-state index in [1.54, 1.807) is 6.07 Å². The number of carbonyl (C=O) groups excluding carboxylic acids is 1. The highest BCUT2D eigenvalue weighted by Gasteiger charge is 2.14. The Morgan fingerprint density at radius 2 is 1.75 bits per heavy atom. The molecule has 2 aromatic carbocycles. The minimum absolute atomic E-state index is 0.113. The third kappa shape index (κ3) is 2.89. The fourth-order valence-corrected chi connectivity index (χ4v) is 1.58. The molecule has 0 saturated carbocycles. The second-order valence-electron chi connectivity index (χ2n) is 3.83. The molecule has 20 heavy (non-hydrogen) atoms. The van der Waals surface area contributed by atoms with E-state index < -0.39 is 16.6 Å². The summed E-state index contributed by atoms with van der Waals surface area (Å²) in [5.41, 5.74) is 4.40. The molecule has 1 amide bonds. The molecular formula is C13H10FN3O3. The normalized spacial score (nSPS) is 9.85. The van der Waals surface area contributed by atoms with Crippen LogP contribution in [0.2, 0.25) is 0 Å². The van der Waals surface area contributed by atoms with Gasteiger partial charge in [0, 0.05) is 6.07 Å². The van der Waals surface area contributed by atoms with Gasteiger partial charge in [0.25, 0.3) is 11.6 Å². The Labute approximate surface area is 113 Å². The van der Waals surface area contributed by atoms with Crippen molar-refractivity contribution in [2.24, 2.45) is 0 Å². The van der Waals surface area contributed by atoms with Crippen molar-refractivity contribution >= 4 is 17.3 Å². The van der Waals surface area contributed by atoms with E-state index in [1.807, 2.05) is 0 Å². The van der Waals surface area contributed by atoms with E-state index in [2.05, 4.69) is 10.9 Å². The van der Waals surface area contributed by atoms with Crippen LogP contribution in [-0.2, 0) is 0 Å². The highest BCUT2D eigenvalue weighted by Crippen LogP contribution is 2.22. The number of hydrogen-bond acceptors (Lipinski definition) is 4. The van der Waals surface area contributed by atoms with Gasteiger partial charge in [-0.15, -0.1) is 0 Å². The smallest absolute Gasteiger partial charge is 0.292 e. The molecule has 2 aromatic rings. The molecule has 0 heterocycles. The maximum absolute atomic E-state index is 13.4. The Morgan fingerprint density at radius 3 is 2.45 bits per heavy atom. The molecule has 2 rings (SSSR count). The molecule has 2 N–H and O–H groups in total. The summed E-state index contributed by atoms with van der Waals surface area (Å²) in [4.78, 5) is 21.9. The highest BCUT2D eigenvalue weighted by atomic mass is 19.1. The van der Waals surface area contributed by atoms with Crippen LogP contribution in [0.4, 0.5) is 15.8 Å². The van der Waals surface area contributed by atoms with Crippen LogP contribution in [0.25, 0.3) is 0 Å². The van der Waals surface area contributed by atoms with Crippen LogP contribution in [-0.4, -0.2) is 10.8 Å². The molecule has 0 spiro atoms. The number of hydrazine groups is 1. The number of carbonyl (C=O) groups is 1. The number of nitrogens with zero attached hydrogens (tertiary/aromatic N) is 1. The predicted octanol–water partition coefficient (Wildman–Crippen LogP) is 2.49. The average molecular weight is 275 g/mol. The molecule has 0 aliphatic rings. The number of nitro groups is 1. The number of benzene rings is 2. The molecule has 7 heteroatoms. The molecule has 0 saturated heterocycles. The summed E-state index contributed by atoms with van der Waals surface area (Å²) >= 11 is 0. The number of anilines is 1. The predicted molar refractivity (Wildman–Crippen MR) is 70.6 cm³/mol. The summed E-state index contributed by atoms with van der Waals surface area (Å²) in [6, 6.07) is 11.2. The van der Waals surface area contributed by atoms with Crippen LogP contribution in [0.5, 0.6) is 0 Å². The summed E-state index contributed by atoms with van der Waals surface area (Å²) < 4.78 is 13.4. The van der Waals surface area contributed by atoms with E-state index in [0.29, 0.717) is 0 Å². The molecule has 0 bridgehead atoms. The summed E-state index contributed by atoms with van der Waals surface area (Å²) in [5, 5.41) is 10.8. The van der Waals surface area contributed by atoms with Gasteiger partial charge in [-0.05, 0) is 18.2 Å². The monoisotopic (exact) mass is 275 g/mol. The molecular weight excluding hydrogens is 265 g/mol. The number of nitro benzene ring substituents is 1. The van der Waals surface area contributed by atoms with E-state index in [9.17, 15) is 19.3 Å². The van der Waals surface area contributed by atoms with E-state index in [1.165, 1.54) is 36.4 Å². The Kier molecular flexibility index (Phi) is 3.90. The Balaban J connectivity index is 2.12. The van der Waals surface area contributed by atoms with Crippen LogP contribution in [0.1, 0.15) is 10.4 Å². The molecule has 6 nitrogen and oxygen atoms in total. The average Bonchev–Trinajstić information content (AvgIpc) is 2.45. The molecule has 0 unspecified atom stereocenters. The second-order valence-corrected chi connectivity index (χ2v) is 3.83. The van der Waals surface area contributed by atoms with Crippen LogP contribution in [0.3, 0.4) is 0 Å². The molecule has 0 atom stereocenters. The van der Waals surface area contributed by atoms with Crippen molar-refractivity contribution in [2.75, 3.05) is 5.43 Å². The van der Waals surface area contributed by atoms with E-state index >= 15 is 0 Å². The van der Waals surface area contributed by atoms with Gasteiger partial charge in [-0.3, -0.25) is 25.8 Å². The standard InChI is InChI=1S/C13H10FN3O3/c14-10-6-2-1-5-9(10)13(18)16-15-11-7-3-4-8-12(11)17(19)20/h1-8,15H,(H,16,18). The van der Waals surface area contributed by atoms with Gasteiger partial charge in [0.2, 0.25) is 0 Å². The van der Waals surface area contributed by atoms with Gasteiger partial charge in [0.15, 0.2) is 0 Å². The lowest BCUT2D eigenvalue weighted by Crippen LogP contribution is -2.30. The van der Waals surface area contributed by atoms with Crippen LogP contribution in [0.15, 0.2) is 48.5 Å². The second kappa shape index (κ2) is 5.79. The van der Waals surface area contributed by atoms with Crippen molar-refractivity contribution in [2.45, 2.75) is 0 Å². The maximum Gasteiger partial charge on any atom is 0.294 e. The first-order valence-electron chi connectivity index (χ1n) is 5.64. The lowest BCUT2D eigenvalue weighted by molar-refractivity contribution is -0.384. The number of hydrogen-bond donors (Lipinski definition) is 2. The zero-order valence-corrected chi connectivity index (χ0v) is 10.2. The molecule has 0 radical (unpaired) electrons. The quantitative estimate of drug-likeness (QED) is 0.663. The molecule has 0 aliphatic carbocycles. The van der Waals surface area contributed by atoms with Crippen LogP contribution < -0.4 is 10.9 Å². The van der Waals surface area contributed by atoms with Gasteiger partial charge in [-0.1, -0.05) is 24.3 Å². The zero-order chi connectivity index (χ0) is 14.5. The fraction of sp³-hybridized carbons (Fsp3) is 0. The van der Waals surface area contributed by atoms with Crippen molar-refractivity contribution in [1.29, 1.82) is 0 Å². The number of nitrogens with one attached hydrogen (secondary N) is 2. The van der Waals surface area contributed by atoms with Crippen LogP contribution in [0, 0.1) is 15.9 Å². The first-order chi connectivity index (χ1) is 9.59. The topological polar surface area (TPSA) is 84.3 Å². The number of halogens is 1. The fourth-order valence-electron chi connectivity index (χ4n) is 1.58. The van der Waals surface area contributed by atoms with Crippen molar-refractivity contribution in [3.63, 3.8) is 0 Å². The Morgan fingerprint density at radius 1 is 1.10 bits per heavy atom. The minimum atomic E-state index is -0.721. The minimum Gasteiger partial charge on any atom is -0.292 e. The lowest BCUT2D eigenvalue weighted by Gasteiger charge is -2.09. The molecule has 0 fully saturated rings. The van der Waals surface area contributed by atoms with Crippen molar-refractivity contribution in [1.82, 2.24) is 5.43 Å². The molecule has 102 valence electrons. The first-order valence-corrected chi connectivity index (χ1v) is 5.64. The van der Waals surface area contributed by atoms with E-state index in [-0.39, 0.29) is 16.9 Å². The number of para-hydroxylation sites is 2. The Hall–Kier alpha value is -2.96. The third-order valence-electron chi connectivity index (χ3n) is 2.53. The summed E-state index contributed by atoms with van der Waals surface area (Å²) in [7, 11) is 0. The summed E-state index contributed by atoms with van der Waals surface area (Å²) in [6.45, 7) is 0. The summed E-state index contributed by atoms with van der Waals surface area (Å²) in [5.74, 6) is -1.39. The van der Waals surface area contributed by atoms with Gasteiger partial charge in [0.1, 0.15) is 11.5 Å². The lowest BCUT2D eigenvalue weighted by atomic mass is 10.2. The number of amides is 1. The van der Waals surface area contributed by atoms with Gasteiger partial charge in [-0.25, -0.2) is 4.39 Å². The van der Waals surface area contributed by atoms with E-state index in [4.69, 9.17) is 0 Å². The molecule has 0 aromatic heterocycles. The van der Waals surface area contributed by atoms with Crippen molar-refractivity contribution in [3.8, 4) is 0 Å². The van der Waals surface area contributed by atoms with Gasteiger partial charge in [0.05, 0.1) is 10.5 Å². The zero-order valence-electron chi connectivity index (χ0n) is 10.2. The SMILES string of the molecule is O=C(NNc1ccccc1[N+](=O)[O-])c1ccccc1F. The number of rotatable bonds is 4. The van der Waals surface area contributed by atoms with Crippen molar-refractivity contribution < 1.29 is 14.1 Å². The largest absolute Gasteiger partial charge is 0.294 e. The molecule has 0 aliphatic heterocycles. The van der Waals surface area contributed by atoms with Gasteiger partial charge in [-0.2, -0.15) is 0 Å². The summed E-state index contributed by atoms with van der Waals surface area (Å²) in [6.07, 6.45) is 0. The Bertz CT molecular complexity index is 661. The first kappa shape index (κ1) is 13.5. The van der Waals surface area contributed by atoms with Crippen LogP contribution >= 0.6 is 0 Å².